The third kappa shape index (κ3) is 4.49. The lowest BCUT2D eigenvalue weighted by atomic mass is 9.98. The molecule has 0 saturated carbocycles. The molecule has 1 N–H and O–H groups in total. The minimum Gasteiger partial charge on any atom is -0.345 e. The summed E-state index contributed by atoms with van der Waals surface area (Å²) in [6, 6.07) is 11.7. The number of rotatable bonds is 6. The molecule has 2 atom stereocenters. The Balaban J connectivity index is 1.78. The number of aryl methyl sites for hydroxylation is 1. The van der Waals surface area contributed by atoms with Gasteiger partial charge < -0.3 is 5.32 Å². The van der Waals surface area contributed by atoms with Crippen LogP contribution in [0.5, 0.6) is 0 Å². The van der Waals surface area contributed by atoms with Crippen LogP contribution in [0.1, 0.15) is 29.7 Å². The fourth-order valence-electron chi connectivity index (χ4n) is 2.75. The predicted octanol–water partition coefficient (Wildman–Crippen LogP) is 3.78. The molecule has 134 valence electrons. The smallest absolute Gasteiger partial charge is 0.225 e. The maximum absolute atomic E-state index is 12.8. The summed E-state index contributed by atoms with van der Waals surface area (Å²) in [7, 11) is 0. The Morgan fingerprint density at radius 2 is 1.96 bits per heavy atom. The van der Waals surface area contributed by atoms with Gasteiger partial charge in [-0.2, -0.15) is 5.10 Å². The highest BCUT2D eigenvalue weighted by Gasteiger charge is 2.21. The molecule has 2 unspecified atom stereocenters. The Kier molecular flexibility index (Phi) is 5.68. The van der Waals surface area contributed by atoms with Gasteiger partial charge in [0.25, 0.3) is 0 Å². The van der Waals surface area contributed by atoms with Crippen molar-refractivity contribution in [3.63, 3.8) is 0 Å². The minimum atomic E-state index is -0.254. The third-order valence-electron chi connectivity index (χ3n) is 4.23. The summed E-state index contributed by atoms with van der Waals surface area (Å²) in [4.78, 5) is 17.0. The van der Waals surface area contributed by atoms with Crippen LogP contribution in [0.4, 0.5) is 0 Å². The molecule has 2 aromatic heterocycles. The average Bonchev–Trinajstić information content (AvgIpc) is 3.06. The number of halogens is 1. The van der Waals surface area contributed by atoms with Crippen molar-refractivity contribution in [2.75, 3.05) is 0 Å². The molecular formula is C20H21ClN4O. The lowest BCUT2D eigenvalue weighted by Gasteiger charge is -2.22. The molecule has 0 fully saturated rings. The zero-order chi connectivity index (χ0) is 18.5. The molecule has 0 aliphatic rings. The van der Waals surface area contributed by atoms with Gasteiger partial charge in [-0.25, -0.2) is 0 Å². The lowest BCUT2D eigenvalue weighted by Crippen LogP contribution is -2.35. The number of amides is 1. The van der Waals surface area contributed by atoms with Crippen LogP contribution in [0.2, 0.25) is 5.02 Å². The molecule has 26 heavy (non-hydrogen) atoms. The second-order valence-electron chi connectivity index (χ2n) is 6.42. The van der Waals surface area contributed by atoms with Crippen molar-refractivity contribution in [2.45, 2.75) is 26.4 Å². The molecule has 5 nitrogen and oxygen atoms in total. The Bertz CT molecular complexity index is 861. The van der Waals surface area contributed by atoms with Gasteiger partial charge in [0.05, 0.1) is 29.7 Å². The van der Waals surface area contributed by atoms with E-state index >= 15 is 0 Å². The van der Waals surface area contributed by atoms with Crippen LogP contribution < -0.4 is 5.32 Å². The number of benzene rings is 1. The summed E-state index contributed by atoms with van der Waals surface area (Å²) in [6.07, 6.45) is 6.78. The van der Waals surface area contributed by atoms with Gasteiger partial charge in [0, 0.05) is 18.6 Å². The Morgan fingerprint density at radius 1 is 1.19 bits per heavy atom. The number of hydrogen-bond donors (Lipinski definition) is 1. The van der Waals surface area contributed by atoms with Crippen LogP contribution >= 0.6 is 11.6 Å². The second-order valence-corrected chi connectivity index (χ2v) is 6.86. The first kappa shape index (κ1) is 18.1. The quantitative estimate of drug-likeness (QED) is 0.720. The van der Waals surface area contributed by atoms with Gasteiger partial charge in [-0.15, -0.1) is 0 Å². The molecule has 1 amide bonds. The SMILES string of the molecule is Cc1ccc(C(NC(=O)C(C)Cn2cc(Cl)cn2)c2cccnc2)cc1. The first-order valence-electron chi connectivity index (χ1n) is 8.48. The topological polar surface area (TPSA) is 59.8 Å². The van der Waals surface area contributed by atoms with Gasteiger partial charge >= 0.3 is 0 Å². The molecule has 0 aliphatic heterocycles. The van der Waals surface area contributed by atoms with E-state index in [-0.39, 0.29) is 17.9 Å². The maximum Gasteiger partial charge on any atom is 0.225 e. The second kappa shape index (κ2) is 8.15. The van der Waals surface area contributed by atoms with E-state index < -0.39 is 0 Å². The molecule has 6 heteroatoms. The highest BCUT2D eigenvalue weighted by molar-refractivity contribution is 6.30. The number of carbonyl (C=O) groups is 1. The number of nitrogens with zero attached hydrogens (tertiary/aromatic N) is 3. The maximum atomic E-state index is 12.8. The number of hydrogen-bond acceptors (Lipinski definition) is 3. The monoisotopic (exact) mass is 368 g/mol. The van der Waals surface area contributed by atoms with Crippen LogP contribution in [-0.4, -0.2) is 20.7 Å². The molecule has 0 bridgehead atoms. The van der Waals surface area contributed by atoms with Crippen molar-refractivity contribution in [3.05, 3.63) is 82.9 Å². The first-order chi connectivity index (χ1) is 12.5. The highest BCUT2D eigenvalue weighted by atomic mass is 35.5. The molecular weight excluding hydrogens is 348 g/mol. The van der Waals surface area contributed by atoms with Gasteiger partial charge in [-0.1, -0.05) is 54.4 Å². The number of carbonyl (C=O) groups excluding carboxylic acids is 1. The summed E-state index contributed by atoms with van der Waals surface area (Å²) < 4.78 is 1.68. The summed E-state index contributed by atoms with van der Waals surface area (Å²) in [5.74, 6) is -0.304. The molecule has 0 aliphatic carbocycles. The van der Waals surface area contributed by atoms with Crippen LogP contribution in [0, 0.1) is 12.8 Å². The van der Waals surface area contributed by atoms with E-state index in [9.17, 15) is 4.79 Å². The first-order valence-corrected chi connectivity index (χ1v) is 8.85. The molecule has 0 radical (unpaired) electrons. The standard InChI is InChI=1S/C20H21ClN4O/c1-14-5-7-16(8-6-14)19(17-4-3-9-22-10-17)24-20(26)15(2)12-25-13-18(21)11-23-25/h3-11,13,15,19H,12H2,1-2H3,(H,24,26). The average molecular weight is 369 g/mol. The van der Waals surface area contributed by atoms with Crippen molar-refractivity contribution in [3.8, 4) is 0 Å². The molecule has 0 spiro atoms. The molecule has 3 rings (SSSR count). The Morgan fingerprint density at radius 3 is 2.58 bits per heavy atom. The van der Waals surface area contributed by atoms with Gasteiger partial charge in [0.1, 0.15) is 0 Å². The van der Waals surface area contributed by atoms with Crippen molar-refractivity contribution in [1.82, 2.24) is 20.1 Å². The Hall–Kier alpha value is -2.66. The van der Waals surface area contributed by atoms with E-state index in [1.54, 1.807) is 29.5 Å². The number of pyridine rings is 1. The van der Waals surface area contributed by atoms with Crippen LogP contribution in [-0.2, 0) is 11.3 Å². The van der Waals surface area contributed by atoms with Crippen molar-refractivity contribution >= 4 is 17.5 Å². The summed E-state index contributed by atoms with van der Waals surface area (Å²) in [6.45, 7) is 4.38. The normalized spacial score (nSPS) is 13.2. The van der Waals surface area contributed by atoms with Crippen LogP contribution in [0.15, 0.2) is 61.2 Å². The van der Waals surface area contributed by atoms with Crippen LogP contribution in [0.25, 0.3) is 0 Å². The minimum absolute atomic E-state index is 0.0500. The largest absolute Gasteiger partial charge is 0.345 e. The Labute approximate surface area is 158 Å². The van der Waals surface area contributed by atoms with E-state index in [1.165, 1.54) is 5.56 Å². The highest BCUT2D eigenvalue weighted by Crippen LogP contribution is 2.22. The third-order valence-corrected chi connectivity index (χ3v) is 4.42. The number of nitrogens with one attached hydrogen (secondary N) is 1. The fraction of sp³-hybridized carbons (Fsp3) is 0.250. The van der Waals surface area contributed by atoms with Crippen molar-refractivity contribution in [2.24, 2.45) is 5.92 Å². The van der Waals surface area contributed by atoms with E-state index in [0.717, 1.165) is 11.1 Å². The van der Waals surface area contributed by atoms with Gasteiger partial charge in [0.15, 0.2) is 0 Å². The predicted molar refractivity (Wildman–Crippen MR) is 102 cm³/mol. The van der Waals surface area contributed by atoms with Gasteiger partial charge in [-0.05, 0) is 24.1 Å². The summed E-state index contributed by atoms with van der Waals surface area (Å²) >= 11 is 5.89. The van der Waals surface area contributed by atoms with Crippen molar-refractivity contribution < 1.29 is 4.79 Å². The van der Waals surface area contributed by atoms with Crippen LogP contribution in [0.3, 0.4) is 0 Å². The zero-order valence-electron chi connectivity index (χ0n) is 14.8. The molecule has 0 saturated heterocycles. The fourth-order valence-corrected chi connectivity index (χ4v) is 2.91. The van der Waals surface area contributed by atoms with E-state index in [1.807, 2.05) is 50.2 Å². The summed E-state index contributed by atoms with van der Waals surface area (Å²) in [5, 5.41) is 7.84. The van der Waals surface area contributed by atoms with Crippen molar-refractivity contribution in [1.29, 1.82) is 0 Å². The van der Waals surface area contributed by atoms with Gasteiger partial charge in [-0.3, -0.25) is 14.5 Å². The van der Waals surface area contributed by atoms with E-state index in [2.05, 4.69) is 15.4 Å². The zero-order valence-corrected chi connectivity index (χ0v) is 15.5. The molecule has 3 aromatic rings. The molecule has 1 aromatic carbocycles. The van der Waals surface area contributed by atoms with Gasteiger partial charge in [0.2, 0.25) is 5.91 Å². The lowest BCUT2D eigenvalue weighted by molar-refractivity contribution is -0.125. The number of aromatic nitrogens is 3. The van der Waals surface area contributed by atoms with E-state index in [4.69, 9.17) is 11.6 Å². The molecule has 2 heterocycles. The summed E-state index contributed by atoms with van der Waals surface area (Å²) in [5.41, 5.74) is 3.14. The van der Waals surface area contributed by atoms with E-state index in [0.29, 0.717) is 11.6 Å².